The fraction of sp³-hybridized carbons (Fsp3) is 0.421. The third kappa shape index (κ3) is 3.71. The monoisotopic (exact) mass is 358 g/mol. The molecular formula is C19H22N2O3S. The molecule has 4 heterocycles. The van der Waals surface area contributed by atoms with Gasteiger partial charge in [0.25, 0.3) is 0 Å². The molecular weight excluding hydrogens is 336 g/mol. The van der Waals surface area contributed by atoms with Gasteiger partial charge in [-0.3, -0.25) is 0 Å². The quantitative estimate of drug-likeness (QED) is 0.882. The lowest BCUT2D eigenvalue weighted by Crippen LogP contribution is -2.57. The molecule has 0 aliphatic carbocycles. The number of aliphatic hydroxyl groups is 1. The Hall–Kier alpha value is -1.89. The van der Waals surface area contributed by atoms with Crippen LogP contribution in [0.4, 0.5) is 4.79 Å². The third-order valence-corrected chi connectivity index (χ3v) is 6.14. The van der Waals surface area contributed by atoms with Gasteiger partial charge in [0, 0.05) is 17.5 Å². The Morgan fingerprint density at radius 2 is 2.12 bits per heavy atom. The van der Waals surface area contributed by atoms with E-state index in [0.29, 0.717) is 11.0 Å². The highest BCUT2D eigenvalue weighted by molar-refractivity contribution is 7.17. The van der Waals surface area contributed by atoms with Crippen LogP contribution >= 0.6 is 11.3 Å². The van der Waals surface area contributed by atoms with E-state index in [9.17, 15) is 9.90 Å². The highest BCUT2D eigenvalue weighted by Crippen LogP contribution is 2.33. The molecule has 6 heteroatoms. The minimum atomic E-state index is -0.365. The van der Waals surface area contributed by atoms with Gasteiger partial charge in [-0.1, -0.05) is 29.5 Å². The lowest BCUT2D eigenvalue weighted by atomic mass is 9.84. The topological polar surface area (TPSA) is 61.8 Å². The number of aliphatic hydroxyl groups excluding tert-OH is 1. The van der Waals surface area contributed by atoms with Crippen molar-refractivity contribution in [1.82, 2.24) is 10.2 Å². The number of benzene rings is 1. The van der Waals surface area contributed by atoms with Crippen LogP contribution in [-0.2, 0) is 6.61 Å². The van der Waals surface area contributed by atoms with Gasteiger partial charge in [0.2, 0.25) is 0 Å². The number of fused-ring (bicyclic) bond motifs is 3. The van der Waals surface area contributed by atoms with E-state index < -0.39 is 0 Å². The second kappa shape index (κ2) is 7.15. The first-order valence-electron chi connectivity index (χ1n) is 8.72. The van der Waals surface area contributed by atoms with Gasteiger partial charge in [0.1, 0.15) is 0 Å². The van der Waals surface area contributed by atoms with Crippen LogP contribution in [0.2, 0.25) is 0 Å². The molecule has 0 spiro atoms. The zero-order valence-corrected chi connectivity index (χ0v) is 14.8. The van der Waals surface area contributed by atoms with Crippen LogP contribution in [-0.4, -0.2) is 41.8 Å². The summed E-state index contributed by atoms with van der Waals surface area (Å²) in [5, 5.41) is 12.9. The van der Waals surface area contributed by atoms with Gasteiger partial charge in [0.05, 0.1) is 6.61 Å². The highest BCUT2D eigenvalue weighted by atomic mass is 32.1. The Bertz CT molecular complexity index is 753. The van der Waals surface area contributed by atoms with Crippen molar-refractivity contribution in [3.05, 3.63) is 42.0 Å². The van der Waals surface area contributed by atoms with E-state index in [1.165, 1.54) is 11.3 Å². The zero-order valence-electron chi connectivity index (χ0n) is 14.0. The minimum absolute atomic E-state index is 0.0184. The Balaban J connectivity index is 1.38. The third-order valence-electron chi connectivity index (χ3n) is 5.13. The normalized spacial score (nSPS) is 24.9. The van der Waals surface area contributed by atoms with Gasteiger partial charge < -0.3 is 20.1 Å². The molecule has 2 aromatic rings. The molecule has 0 radical (unpaired) electrons. The number of hydrogen-bond acceptors (Lipinski definition) is 5. The van der Waals surface area contributed by atoms with Crippen molar-refractivity contribution in [2.75, 3.05) is 19.6 Å². The van der Waals surface area contributed by atoms with Crippen molar-refractivity contribution in [3.63, 3.8) is 0 Å². The maximum Gasteiger partial charge on any atom is 0.413 e. The van der Waals surface area contributed by atoms with Crippen molar-refractivity contribution < 1.29 is 14.6 Å². The van der Waals surface area contributed by atoms with E-state index in [-0.39, 0.29) is 18.7 Å². The summed E-state index contributed by atoms with van der Waals surface area (Å²) in [5.74, 6) is 0.581. The number of nitrogens with one attached hydrogen (secondary N) is 1. The molecule has 3 aliphatic heterocycles. The van der Waals surface area contributed by atoms with Crippen LogP contribution < -0.4 is 10.1 Å². The molecule has 1 atom stereocenters. The Morgan fingerprint density at radius 3 is 2.84 bits per heavy atom. The number of ether oxygens (including phenoxy) is 1. The van der Waals surface area contributed by atoms with Crippen LogP contribution in [0.5, 0.6) is 5.06 Å². The molecule has 1 amide bonds. The first kappa shape index (κ1) is 16.6. The number of piperidine rings is 3. The molecule has 0 unspecified atom stereocenters. The zero-order chi connectivity index (χ0) is 17.2. The predicted molar refractivity (Wildman–Crippen MR) is 97.8 cm³/mol. The number of rotatable bonds is 4. The molecule has 5 nitrogen and oxygen atoms in total. The molecule has 3 fully saturated rings. The minimum Gasteiger partial charge on any atom is -0.399 e. The molecule has 2 bridgehead atoms. The average Bonchev–Trinajstić information content (AvgIpc) is 3.11. The second-order valence-electron chi connectivity index (χ2n) is 6.76. The summed E-state index contributed by atoms with van der Waals surface area (Å²) in [6, 6.07) is 11.7. The predicted octanol–water partition coefficient (Wildman–Crippen LogP) is 3.09. The maximum atomic E-state index is 12.2. The largest absolute Gasteiger partial charge is 0.413 e. The standard InChI is InChI=1S/C19H22N2O3S/c22-12-13-2-1-3-15(10-13)17-4-5-18(25-17)24-19(23)20-16-11-21-8-6-14(16)7-9-21/h1-5,10,14,16,22H,6-9,11-12H2,(H,20,23)/t16-/m0/s1. The van der Waals surface area contributed by atoms with E-state index in [1.54, 1.807) is 0 Å². The summed E-state index contributed by atoms with van der Waals surface area (Å²) < 4.78 is 5.48. The number of carbonyl (C=O) groups excluding carboxylic acids is 1. The summed E-state index contributed by atoms with van der Waals surface area (Å²) in [6.45, 7) is 3.26. The van der Waals surface area contributed by atoms with E-state index in [1.807, 2.05) is 36.4 Å². The van der Waals surface area contributed by atoms with E-state index in [2.05, 4.69) is 10.2 Å². The molecule has 3 saturated heterocycles. The van der Waals surface area contributed by atoms with Crippen LogP contribution in [0.25, 0.3) is 10.4 Å². The molecule has 25 heavy (non-hydrogen) atoms. The van der Waals surface area contributed by atoms with Crippen molar-refractivity contribution in [1.29, 1.82) is 0 Å². The Morgan fingerprint density at radius 1 is 1.28 bits per heavy atom. The molecule has 0 saturated carbocycles. The van der Waals surface area contributed by atoms with Crippen LogP contribution in [0.15, 0.2) is 36.4 Å². The van der Waals surface area contributed by atoms with Gasteiger partial charge in [-0.15, -0.1) is 0 Å². The number of carbonyl (C=O) groups is 1. The van der Waals surface area contributed by atoms with Crippen LogP contribution in [0, 0.1) is 5.92 Å². The lowest BCUT2D eigenvalue weighted by molar-refractivity contribution is 0.0726. The molecule has 5 rings (SSSR count). The van der Waals surface area contributed by atoms with Gasteiger partial charge in [-0.05, 0) is 61.2 Å². The van der Waals surface area contributed by atoms with Crippen molar-refractivity contribution in [2.45, 2.75) is 25.5 Å². The van der Waals surface area contributed by atoms with Gasteiger partial charge in [0.15, 0.2) is 5.06 Å². The number of hydrogen-bond donors (Lipinski definition) is 2. The van der Waals surface area contributed by atoms with E-state index in [0.717, 1.165) is 48.5 Å². The maximum absolute atomic E-state index is 12.2. The fourth-order valence-corrected chi connectivity index (χ4v) is 4.60. The second-order valence-corrected chi connectivity index (χ2v) is 7.80. The summed E-state index contributed by atoms with van der Waals surface area (Å²) >= 11 is 1.44. The smallest absolute Gasteiger partial charge is 0.399 e. The Labute approximate surface area is 151 Å². The molecule has 3 aliphatic rings. The fourth-order valence-electron chi connectivity index (χ4n) is 3.75. The average molecular weight is 358 g/mol. The summed E-state index contributed by atoms with van der Waals surface area (Å²) in [7, 11) is 0. The summed E-state index contributed by atoms with van der Waals surface area (Å²) in [5.41, 5.74) is 1.89. The Kier molecular flexibility index (Phi) is 4.74. The lowest BCUT2D eigenvalue weighted by Gasteiger charge is -2.44. The number of nitrogens with zero attached hydrogens (tertiary/aromatic N) is 1. The van der Waals surface area contributed by atoms with Crippen LogP contribution in [0.1, 0.15) is 18.4 Å². The number of amides is 1. The van der Waals surface area contributed by atoms with Gasteiger partial charge >= 0.3 is 6.09 Å². The van der Waals surface area contributed by atoms with Gasteiger partial charge in [-0.2, -0.15) is 0 Å². The van der Waals surface area contributed by atoms with Crippen LogP contribution in [0.3, 0.4) is 0 Å². The van der Waals surface area contributed by atoms with E-state index >= 15 is 0 Å². The van der Waals surface area contributed by atoms with Crippen molar-refractivity contribution >= 4 is 17.4 Å². The number of thiophene rings is 1. The molecule has 1 aromatic carbocycles. The molecule has 1 aromatic heterocycles. The molecule has 132 valence electrons. The summed E-state index contributed by atoms with van der Waals surface area (Å²) in [4.78, 5) is 15.6. The SMILES string of the molecule is O=C(N[C@H]1CN2CCC1CC2)Oc1ccc(-c2cccc(CO)c2)s1. The first-order chi connectivity index (χ1) is 12.2. The van der Waals surface area contributed by atoms with Gasteiger partial charge in [-0.25, -0.2) is 4.79 Å². The van der Waals surface area contributed by atoms with Crippen molar-refractivity contribution in [3.8, 4) is 15.5 Å². The van der Waals surface area contributed by atoms with Crippen molar-refractivity contribution in [2.24, 2.45) is 5.92 Å². The highest BCUT2D eigenvalue weighted by Gasteiger charge is 2.35. The first-order valence-corrected chi connectivity index (χ1v) is 9.53. The summed E-state index contributed by atoms with van der Waals surface area (Å²) in [6.07, 6.45) is 1.96. The molecule has 2 N–H and O–H groups in total. The van der Waals surface area contributed by atoms with E-state index in [4.69, 9.17) is 4.74 Å².